The first kappa shape index (κ1) is 20.3. The van der Waals surface area contributed by atoms with Crippen molar-refractivity contribution in [2.75, 3.05) is 26.2 Å². The molecule has 1 aromatic carbocycles. The van der Waals surface area contributed by atoms with E-state index < -0.39 is 23.0 Å². The summed E-state index contributed by atoms with van der Waals surface area (Å²) >= 11 is 0. The van der Waals surface area contributed by atoms with E-state index in [4.69, 9.17) is 9.47 Å². The number of likely N-dealkylation sites (tertiary alicyclic amines) is 1. The molecule has 2 aromatic rings. The first-order valence-electron chi connectivity index (χ1n) is 9.78. The summed E-state index contributed by atoms with van der Waals surface area (Å²) < 4.78 is 63.4. The number of hydrogen-bond donors (Lipinski definition) is 2. The third-order valence-electron chi connectivity index (χ3n) is 6.12. The zero-order valence-electron chi connectivity index (χ0n) is 16.2. The van der Waals surface area contributed by atoms with Crippen LogP contribution in [0.3, 0.4) is 0 Å². The van der Waals surface area contributed by atoms with Gasteiger partial charge in [-0.25, -0.2) is 4.39 Å². The minimum Gasteiger partial charge on any atom is -0.370 e. The molecule has 0 bridgehead atoms. The Hall–Kier alpha value is -2.57. The molecule has 8 nitrogen and oxygen atoms in total. The van der Waals surface area contributed by atoms with Crippen molar-refractivity contribution in [1.29, 1.82) is 0 Å². The van der Waals surface area contributed by atoms with Crippen LogP contribution in [0.2, 0.25) is 0 Å². The molecule has 3 aliphatic rings. The van der Waals surface area contributed by atoms with E-state index in [1.807, 2.05) is 0 Å². The molecular weight excluding hydrogens is 422 g/mol. The number of carbonyl (C=O) groups excluding carboxylic acids is 1. The first-order chi connectivity index (χ1) is 14.8. The second kappa shape index (κ2) is 7.24. The molecule has 2 N–H and O–H groups in total. The van der Waals surface area contributed by atoms with Gasteiger partial charge in [-0.1, -0.05) is 6.07 Å². The Morgan fingerprint density at radius 1 is 1.32 bits per heavy atom. The lowest BCUT2D eigenvalue weighted by Gasteiger charge is -2.45. The highest BCUT2D eigenvalue weighted by molar-refractivity contribution is 5.90. The van der Waals surface area contributed by atoms with Crippen LogP contribution < -0.4 is 5.32 Å². The van der Waals surface area contributed by atoms with Crippen molar-refractivity contribution < 1.29 is 31.8 Å². The van der Waals surface area contributed by atoms with Crippen LogP contribution in [-0.4, -0.2) is 64.6 Å². The van der Waals surface area contributed by atoms with Gasteiger partial charge in [-0.05, 0) is 12.1 Å². The first-order valence-corrected chi connectivity index (χ1v) is 9.78. The molecule has 0 aliphatic carbocycles. The van der Waals surface area contributed by atoms with Crippen LogP contribution >= 0.6 is 0 Å². The maximum Gasteiger partial charge on any atom is 0.416 e. The van der Waals surface area contributed by atoms with Gasteiger partial charge in [-0.3, -0.25) is 4.79 Å². The van der Waals surface area contributed by atoms with E-state index >= 15 is 0 Å². The summed E-state index contributed by atoms with van der Waals surface area (Å²) in [6.07, 6.45) is -5.29. The zero-order valence-corrected chi connectivity index (χ0v) is 16.2. The molecule has 166 valence electrons. The molecule has 0 unspecified atom stereocenters. The monoisotopic (exact) mass is 441 g/mol. The van der Waals surface area contributed by atoms with E-state index in [1.54, 1.807) is 4.90 Å². The van der Waals surface area contributed by atoms with Gasteiger partial charge in [-0.2, -0.15) is 28.6 Å². The fraction of sp³-hybridized carbons (Fsp3) is 0.526. The number of ether oxygens (including phenoxy) is 2. The van der Waals surface area contributed by atoms with E-state index in [2.05, 4.69) is 20.7 Å². The van der Waals surface area contributed by atoms with Gasteiger partial charge in [0.05, 0.1) is 31.0 Å². The Kier molecular flexibility index (Phi) is 4.75. The molecule has 2 saturated heterocycles. The zero-order chi connectivity index (χ0) is 21.8. The Morgan fingerprint density at radius 2 is 2.13 bits per heavy atom. The highest BCUT2D eigenvalue weighted by Crippen LogP contribution is 2.40. The average molecular weight is 441 g/mol. The van der Waals surface area contributed by atoms with Crippen LogP contribution in [0.25, 0.3) is 0 Å². The van der Waals surface area contributed by atoms with E-state index in [0.717, 1.165) is 12.1 Å². The Morgan fingerprint density at radius 3 is 2.87 bits per heavy atom. The average Bonchev–Trinajstić information content (AvgIpc) is 3.33. The number of H-pyrrole nitrogens is 1. The molecule has 2 atom stereocenters. The van der Waals surface area contributed by atoms with Gasteiger partial charge in [0, 0.05) is 31.7 Å². The van der Waals surface area contributed by atoms with Crippen molar-refractivity contribution in [2.45, 2.75) is 37.0 Å². The third-order valence-corrected chi connectivity index (χ3v) is 6.12. The van der Waals surface area contributed by atoms with Crippen molar-refractivity contribution in [3.63, 3.8) is 0 Å². The molecule has 1 aromatic heterocycles. The minimum absolute atomic E-state index is 0.0318. The Balaban J connectivity index is 1.22. The number of alkyl halides is 3. The van der Waals surface area contributed by atoms with Crippen LogP contribution in [0.5, 0.6) is 0 Å². The van der Waals surface area contributed by atoms with E-state index in [9.17, 15) is 22.4 Å². The summed E-state index contributed by atoms with van der Waals surface area (Å²) in [5.41, 5.74) is -0.765. The third kappa shape index (κ3) is 3.29. The number of amides is 1. The smallest absolute Gasteiger partial charge is 0.370 e. The summed E-state index contributed by atoms with van der Waals surface area (Å²) in [6, 6.07) is 2.35. The van der Waals surface area contributed by atoms with Gasteiger partial charge in [-0.15, -0.1) is 0 Å². The van der Waals surface area contributed by atoms with Crippen LogP contribution in [0.1, 0.15) is 22.5 Å². The highest BCUT2D eigenvalue weighted by atomic mass is 19.4. The lowest BCUT2D eigenvalue weighted by Crippen LogP contribution is -2.64. The van der Waals surface area contributed by atoms with E-state index in [1.165, 1.54) is 0 Å². The van der Waals surface area contributed by atoms with Crippen LogP contribution in [0.15, 0.2) is 18.2 Å². The fourth-order valence-corrected chi connectivity index (χ4v) is 4.37. The second-order valence-corrected chi connectivity index (χ2v) is 7.97. The number of nitrogens with one attached hydrogen (secondary N) is 2. The van der Waals surface area contributed by atoms with Gasteiger partial charge in [0.25, 0.3) is 0 Å². The number of aromatic amines is 1. The molecule has 0 saturated carbocycles. The van der Waals surface area contributed by atoms with Crippen molar-refractivity contribution in [3.8, 4) is 0 Å². The lowest BCUT2D eigenvalue weighted by molar-refractivity contribution is -0.158. The van der Waals surface area contributed by atoms with E-state index in [-0.39, 0.29) is 36.9 Å². The largest absolute Gasteiger partial charge is 0.416 e. The predicted octanol–water partition coefficient (Wildman–Crippen LogP) is 1.13. The van der Waals surface area contributed by atoms with Crippen molar-refractivity contribution >= 4 is 5.91 Å². The van der Waals surface area contributed by atoms with Gasteiger partial charge in [0.15, 0.2) is 0 Å². The number of hydrogen-bond acceptors (Lipinski definition) is 6. The molecule has 2 fully saturated rings. The molecule has 0 radical (unpaired) electrons. The summed E-state index contributed by atoms with van der Waals surface area (Å²) in [5, 5.41) is 14.0. The number of halogens is 4. The number of carbonyl (C=O) groups is 1. The van der Waals surface area contributed by atoms with E-state index in [0.29, 0.717) is 43.6 Å². The molecule has 31 heavy (non-hydrogen) atoms. The molecule has 1 amide bonds. The Bertz CT molecular complexity index is 1010. The molecule has 4 heterocycles. The molecular formula is C19H19F4N5O3. The van der Waals surface area contributed by atoms with Crippen LogP contribution in [0, 0.1) is 5.82 Å². The summed E-state index contributed by atoms with van der Waals surface area (Å²) in [6.45, 7) is 1.61. The van der Waals surface area contributed by atoms with Crippen molar-refractivity contribution in [2.24, 2.45) is 0 Å². The van der Waals surface area contributed by atoms with Crippen molar-refractivity contribution in [3.05, 3.63) is 46.5 Å². The van der Waals surface area contributed by atoms with Gasteiger partial charge in [0.2, 0.25) is 5.91 Å². The molecule has 12 heteroatoms. The maximum atomic E-state index is 14.0. The SMILES string of the molecule is O=C(N1CC(OCc2ccc(C(F)(F)F)cc2F)C1)[C@@]12CNC[C@H]1OCc1n[nH]nc12. The molecule has 0 spiro atoms. The highest BCUT2D eigenvalue weighted by Gasteiger charge is 2.59. The summed E-state index contributed by atoms with van der Waals surface area (Å²) in [4.78, 5) is 15.0. The van der Waals surface area contributed by atoms with Gasteiger partial charge >= 0.3 is 6.18 Å². The van der Waals surface area contributed by atoms with Crippen LogP contribution in [0.4, 0.5) is 17.6 Å². The standard InChI is InChI=1S/C19H19F4N5O3/c20-13-3-11(19(21,22)23)2-1-10(13)7-30-12-5-28(6-12)17(29)18-9-24-4-15(18)31-8-14-16(18)26-27-25-14/h1-3,12,15,24H,4-9H2,(H,25,26,27)/t15-,18+/m1/s1. The number of fused-ring (bicyclic) bond motifs is 3. The number of benzene rings is 1. The minimum atomic E-state index is -4.60. The topological polar surface area (TPSA) is 92.4 Å². The van der Waals surface area contributed by atoms with Gasteiger partial charge < -0.3 is 19.7 Å². The van der Waals surface area contributed by atoms with Crippen LogP contribution in [-0.2, 0) is 39.1 Å². The summed E-state index contributed by atoms with van der Waals surface area (Å²) in [5.74, 6) is -1.11. The molecule has 3 aliphatic heterocycles. The fourth-order valence-electron chi connectivity index (χ4n) is 4.37. The Labute approximate surface area is 173 Å². The maximum absolute atomic E-state index is 14.0. The summed E-state index contributed by atoms with van der Waals surface area (Å²) in [7, 11) is 0. The molecule has 5 rings (SSSR count). The normalized spacial score (nSPS) is 25.8. The number of aromatic nitrogens is 3. The van der Waals surface area contributed by atoms with Gasteiger partial charge in [0.1, 0.15) is 22.6 Å². The second-order valence-electron chi connectivity index (χ2n) is 7.97. The quantitative estimate of drug-likeness (QED) is 0.692. The number of nitrogens with zero attached hydrogens (tertiary/aromatic N) is 3. The number of rotatable bonds is 4. The predicted molar refractivity (Wildman–Crippen MR) is 96.1 cm³/mol. The lowest BCUT2D eigenvalue weighted by atomic mass is 9.76. The van der Waals surface area contributed by atoms with Crippen molar-refractivity contribution in [1.82, 2.24) is 25.6 Å².